The van der Waals surface area contributed by atoms with Crippen LogP contribution in [0.5, 0.6) is 0 Å². The van der Waals surface area contributed by atoms with Crippen LogP contribution in [0.15, 0.2) is 29.2 Å². The Morgan fingerprint density at radius 3 is 2.29 bits per heavy atom. The van der Waals surface area contributed by atoms with E-state index in [9.17, 15) is 8.42 Å². The summed E-state index contributed by atoms with van der Waals surface area (Å²) in [5.74, 6) is 0. The van der Waals surface area contributed by atoms with Gasteiger partial charge in [-0.25, -0.2) is 13.1 Å². The van der Waals surface area contributed by atoms with Crippen LogP contribution in [-0.4, -0.2) is 22.0 Å². The van der Waals surface area contributed by atoms with Crippen LogP contribution in [0.2, 0.25) is 0 Å². The summed E-state index contributed by atoms with van der Waals surface area (Å²) in [6, 6.07) is 7.33. The van der Waals surface area contributed by atoms with Crippen molar-refractivity contribution in [2.75, 3.05) is 13.6 Å². The van der Waals surface area contributed by atoms with E-state index < -0.39 is 10.0 Å². The summed E-state index contributed by atoms with van der Waals surface area (Å²) >= 11 is 0. The molecule has 118 valence electrons. The van der Waals surface area contributed by atoms with E-state index in [1.165, 1.54) is 6.42 Å². The Labute approximate surface area is 128 Å². The highest BCUT2D eigenvalue weighted by Crippen LogP contribution is 2.43. The third kappa shape index (κ3) is 3.65. The minimum absolute atomic E-state index is 0.188. The van der Waals surface area contributed by atoms with Gasteiger partial charge in [0, 0.05) is 12.6 Å². The van der Waals surface area contributed by atoms with Gasteiger partial charge in [-0.15, -0.1) is 0 Å². The fourth-order valence-corrected chi connectivity index (χ4v) is 3.92. The minimum atomic E-state index is -3.40. The Morgan fingerprint density at radius 1 is 1.24 bits per heavy atom. The van der Waals surface area contributed by atoms with Crippen molar-refractivity contribution < 1.29 is 8.42 Å². The summed E-state index contributed by atoms with van der Waals surface area (Å²) in [4.78, 5) is 0.347. The molecule has 0 heterocycles. The Kier molecular flexibility index (Phi) is 5.07. The first-order chi connectivity index (χ1) is 9.92. The van der Waals surface area contributed by atoms with E-state index in [4.69, 9.17) is 0 Å². The normalized spacial score (nSPS) is 19.0. The quantitative estimate of drug-likeness (QED) is 0.814. The zero-order valence-electron chi connectivity index (χ0n) is 13.1. The van der Waals surface area contributed by atoms with Gasteiger partial charge in [0.2, 0.25) is 10.0 Å². The Morgan fingerprint density at radius 2 is 1.86 bits per heavy atom. The van der Waals surface area contributed by atoms with Gasteiger partial charge in [0.1, 0.15) is 0 Å². The number of nitrogens with one attached hydrogen (secondary N) is 2. The molecule has 1 fully saturated rings. The molecule has 0 aromatic heterocycles. The van der Waals surface area contributed by atoms with E-state index in [0.717, 1.165) is 24.8 Å². The lowest BCUT2D eigenvalue weighted by molar-refractivity contribution is 0.133. The van der Waals surface area contributed by atoms with Gasteiger partial charge in [0.05, 0.1) is 4.90 Å². The van der Waals surface area contributed by atoms with Crippen molar-refractivity contribution in [3.8, 4) is 0 Å². The standard InChI is InChI=1S/C16H26N2O2S/c1-4-16(10-5-11-16)12-18-21(19,20)15-8-6-14(7-9-15)13(2)17-3/h6-9,13,17-18H,4-5,10-12H2,1-3H3. The Hall–Kier alpha value is -0.910. The van der Waals surface area contributed by atoms with Crippen LogP contribution in [0.25, 0.3) is 0 Å². The smallest absolute Gasteiger partial charge is 0.240 e. The zero-order valence-corrected chi connectivity index (χ0v) is 14.0. The van der Waals surface area contributed by atoms with Crippen LogP contribution in [0.1, 0.15) is 51.1 Å². The van der Waals surface area contributed by atoms with Crippen LogP contribution < -0.4 is 10.0 Å². The van der Waals surface area contributed by atoms with Crippen LogP contribution in [-0.2, 0) is 10.0 Å². The number of hydrogen-bond acceptors (Lipinski definition) is 3. The summed E-state index contributed by atoms with van der Waals surface area (Å²) in [5, 5.41) is 3.14. The van der Waals surface area contributed by atoms with Crippen molar-refractivity contribution in [1.82, 2.24) is 10.0 Å². The largest absolute Gasteiger partial charge is 0.313 e. The average Bonchev–Trinajstić information content (AvgIpc) is 2.46. The van der Waals surface area contributed by atoms with E-state index in [-0.39, 0.29) is 11.5 Å². The topological polar surface area (TPSA) is 58.2 Å². The molecule has 1 aromatic carbocycles. The summed E-state index contributed by atoms with van der Waals surface area (Å²) < 4.78 is 27.5. The van der Waals surface area contributed by atoms with Crippen LogP contribution in [0.3, 0.4) is 0 Å². The predicted octanol–water partition coefficient (Wildman–Crippen LogP) is 2.83. The van der Waals surface area contributed by atoms with E-state index in [1.807, 2.05) is 26.1 Å². The minimum Gasteiger partial charge on any atom is -0.313 e. The van der Waals surface area contributed by atoms with Crippen molar-refractivity contribution >= 4 is 10.0 Å². The van der Waals surface area contributed by atoms with Gasteiger partial charge >= 0.3 is 0 Å². The molecule has 1 atom stereocenters. The predicted molar refractivity (Wildman–Crippen MR) is 85.7 cm³/mol. The van der Waals surface area contributed by atoms with Crippen molar-refractivity contribution in [1.29, 1.82) is 0 Å². The highest BCUT2D eigenvalue weighted by molar-refractivity contribution is 7.89. The number of hydrogen-bond donors (Lipinski definition) is 2. The molecule has 0 aliphatic heterocycles. The second-order valence-electron chi connectivity index (χ2n) is 6.11. The first-order valence-electron chi connectivity index (χ1n) is 7.69. The zero-order chi connectivity index (χ0) is 15.5. The third-order valence-corrected chi connectivity index (χ3v) is 6.34. The lowest BCUT2D eigenvalue weighted by Crippen LogP contribution is -2.41. The van der Waals surface area contributed by atoms with E-state index >= 15 is 0 Å². The first-order valence-corrected chi connectivity index (χ1v) is 9.18. The maximum absolute atomic E-state index is 12.4. The Bertz CT molecular complexity index is 557. The molecule has 5 heteroatoms. The summed E-state index contributed by atoms with van der Waals surface area (Å²) in [6.07, 6.45) is 4.51. The van der Waals surface area contributed by atoms with Gasteiger partial charge in [0.15, 0.2) is 0 Å². The van der Waals surface area contributed by atoms with E-state index in [0.29, 0.717) is 11.4 Å². The maximum Gasteiger partial charge on any atom is 0.240 e. The highest BCUT2D eigenvalue weighted by atomic mass is 32.2. The van der Waals surface area contributed by atoms with Crippen molar-refractivity contribution in [2.24, 2.45) is 5.41 Å². The molecule has 0 bridgehead atoms. The highest BCUT2D eigenvalue weighted by Gasteiger charge is 2.36. The molecule has 1 saturated carbocycles. The lowest BCUT2D eigenvalue weighted by atomic mass is 9.67. The molecule has 4 nitrogen and oxygen atoms in total. The molecule has 1 unspecified atom stereocenters. The van der Waals surface area contributed by atoms with E-state index in [2.05, 4.69) is 17.0 Å². The van der Waals surface area contributed by atoms with Gasteiger partial charge in [0.25, 0.3) is 0 Å². The molecule has 2 N–H and O–H groups in total. The Balaban J connectivity index is 2.05. The van der Waals surface area contributed by atoms with Gasteiger partial charge in [-0.05, 0) is 56.3 Å². The summed E-state index contributed by atoms with van der Waals surface area (Å²) in [6.45, 7) is 4.74. The maximum atomic E-state index is 12.4. The molecule has 0 spiro atoms. The van der Waals surface area contributed by atoms with Crippen LogP contribution >= 0.6 is 0 Å². The molecule has 0 amide bonds. The fraction of sp³-hybridized carbons (Fsp3) is 0.625. The average molecular weight is 310 g/mol. The van der Waals surface area contributed by atoms with Crippen molar-refractivity contribution in [2.45, 2.75) is 50.5 Å². The van der Waals surface area contributed by atoms with Crippen molar-refractivity contribution in [3.05, 3.63) is 29.8 Å². The number of sulfonamides is 1. The number of rotatable bonds is 7. The van der Waals surface area contributed by atoms with Crippen LogP contribution in [0.4, 0.5) is 0 Å². The van der Waals surface area contributed by atoms with Gasteiger partial charge in [-0.3, -0.25) is 0 Å². The summed E-state index contributed by atoms with van der Waals surface area (Å²) in [7, 11) is -1.51. The molecule has 1 aromatic rings. The second-order valence-corrected chi connectivity index (χ2v) is 7.88. The van der Waals surface area contributed by atoms with Gasteiger partial charge < -0.3 is 5.32 Å². The SMILES string of the molecule is CCC1(CNS(=O)(=O)c2ccc(C(C)NC)cc2)CCC1. The summed E-state index contributed by atoms with van der Waals surface area (Å²) in [5.41, 5.74) is 1.27. The molecule has 0 saturated heterocycles. The van der Waals surface area contributed by atoms with Crippen LogP contribution in [0, 0.1) is 5.41 Å². The second kappa shape index (κ2) is 6.46. The fourth-order valence-electron chi connectivity index (χ4n) is 2.77. The van der Waals surface area contributed by atoms with Gasteiger partial charge in [-0.2, -0.15) is 0 Å². The van der Waals surface area contributed by atoms with Crippen molar-refractivity contribution in [3.63, 3.8) is 0 Å². The molecular formula is C16H26N2O2S. The first kappa shape index (κ1) is 16.5. The molecule has 21 heavy (non-hydrogen) atoms. The number of benzene rings is 1. The molecule has 1 aliphatic rings. The molecular weight excluding hydrogens is 284 g/mol. The molecule has 0 radical (unpaired) electrons. The van der Waals surface area contributed by atoms with E-state index in [1.54, 1.807) is 12.1 Å². The lowest BCUT2D eigenvalue weighted by Gasteiger charge is -2.41. The molecule has 1 aliphatic carbocycles. The molecule has 2 rings (SSSR count). The third-order valence-electron chi connectivity index (χ3n) is 4.92. The monoisotopic (exact) mass is 310 g/mol. The van der Waals surface area contributed by atoms with Gasteiger partial charge in [-0.1, -0.05) is 25.5 Å².